The largest absolute Gasteiger partial charge is 0.212 e. The summed E-state index contributed by atoms with van der Waals surface area (Å²) >= 11 is 5.81. The molecule has 0 atom stereocenters. The Morgan fingerprint density at radius 2 is 2.20 bits per heavy atom. The van der Waals surface area contributed by atoms with Crippen molar-refractivity contribution in [2.24, 2.45) is 0 Å². The van der Waals surface area contributed by atoms with E-state index in [4.69, 9.17) is 11.6 Å². The van der Waals surface area contributed by atoms with Crippen LogP contribution in [0.3, 0.4) is 0 Å². The third-order valence-electron chi connectivity index (χ3n) is 1.70. The maximum atomic E-state index is 12.6. The van der Waals surface area contributed by atoms with Crippen LogP contribution in [0.5, 0.6) is 0 Å². The SMILES string of the molecule is CC1=C(Cl)CC=C(F)CC1. The zero-order valence-electron chi connectivity index (χ0n) is 5.95. The fourth-order valence-corrected chi connectivity index (χ4v) is 1.09. The van der Waals surface area contributed by atoms with Gasteiger partial charge in [0.15, 0.2) is 0 Å². The van der Waals surface area contributed by atoms with Crippen LogP contribution >= 0.6 is 11.6 Å². The maximum absolute atomic E-state index is 12.6. The molecule has 0 aromatic heterocycles. The molecule has 1 rings (SSSR count). The molecule has 56 valence electrons. The maximum Gasteiger partial charge on any atom is 0.0966 e. The van der Waals surface area contributed by atoms with E-state index in [1.54, 1.807) is 6.08 Å². The van der Waals surface area contributed by atoms with Crippen molar-refractivity contribution in [3.8, 4) is 0 Å². The second-order valence-electron chi connectivity index (χ2n) is 2.54. The van der Waals surface area contributed by atoms with Gasteiger partial charge in [-0.3, -0.25) is 0 Å². The zero-order chi connectivity index (χ0) is 7.56. The van der Waals surface area contributed by atoms with E-state index in [9.17, 15) is 4.39 Å². The minimum atomic E-state index is -0.0324. The summed E-state index contributed by atoms with van der Waals surface area (Å²) in [4.78, 5) is 0. The van der Waals surface area contributed by atoms with Gasteiger partial charge in [0, 0.05) is 17.9 Å². The predicted octanol–water partition coefficient (Wildman–Crippen LogP) is 3.54. The molecule has 0 saturated carbocycles. The van der Waals surface area contributed by atoms with Crippen LogP contribution in [0.1, 0.15) is 26.2 Å². The molecule has 0 aromatic carbocycles. The Kier molecular flexibility index (Phi) is 2.50. The molecule has 0 amide bonds. The smallest absolute Gasteiger partial charge is 0.0966 e. The lowest BCUT2D eigenvalue weighted by atomic mass is 10.2. The first-order valence-corrected chi connectivity index (χ1v) is 3.76. The topological polar surface area (TPSA) is 0 Å². The van der Waals surface area contributed by atoms with Gasteiger partial charge in [-0.15, -0.1) is 0 Å². The molecular formula is C8H10ClF. The second-order valence-corrected chi connectivity index (χ2v) is 3.00. The predicted molar refractivity (Wildman–Crippen MR) is 41.6 cm³/mol. The van der Waals surface area contributed by atoms with Crippen LogP contribution in [-0.4, -0.2) is 0 Å². The molecule has 0 saturated heterocycles. The third kappa shape index (κ3) is 1.84. The van der Waals surface area contributed by atoms with E-state index in [2.05, 4.69) is 0 Å². The highest BCUT2D eigenvalue weighted by Crippen LogP contribution is 2.25. The number of rotatable bonds is 0. The number of halogens is 2. The summed E-state index contributed by atoms with van der Waals surface area (Å²) < 4.78 is 12.6. The summed E-state index contributed by atoms with van der Waals surface area (Å²) in [5.74, 6) is -0.0324. The number of hydrogen-bond donors (Lipinski definition) is 0. The highest BCUT2D eigenvalue weighted by atomic mass is 35.5. The summed E-state index contributed by atoms with van der Waals surface area (Å²) in [7, 11) is 0. The summed E-state index contributed by atoms with van der Waals surface area (Å²) in [6.45, 7) is 1.95. The van der Waals surface area contributed by atoms with Crippen molar-refractivity contribution >= 4 is 11.6 Å². The summed E-state index contributed by atoms with van der Waals surface area (Å²) in [5.41, 5.74) is 1.12. The third-order valence-corrected chi connectivity index (χ3v) is 2.18. The molecule has 0 bridgehead atoms. The molecule has 0 unspecified atom stereocenters. The Morgan fingerprint density at radius 1 is 1.50 bits per heavy atom. The van der Waals surface area contributed by atoms with E-state index in [1.165, 1.54) is 0 Å². The van der Waals surface area contributed by atoms with E-state index >= 15 is 0 Å². The summed E-state index contributed by atoms with van der Waals surface area (Å²) in [6, 6.07) is 0. The minimum Gasteiger partial charge on any atom is -0.212 e. The van der Waals surface area contributed by atoms with Gasteiger partial charge < -0.3 is 0 Å². The van der Waals surface area contributed by atoms with Gasteiger partial charge >= 0.3 is 0 Å². The van der Waals surface area contributed by atoms with E-state index in [0.29, 0.717) is 12.8 Å². The van der Waals surface area contributed by atoms with Crippen LogP contribution < -0.4 is 0 Å². The van der Waals surface area contributed by atoms with Crippen LogP contribution in [0.2, 0.25) is 0 Å². The van der Waals surface area contributed by atoms with E-state index in [1.807, 2.05) is 6.92 Å². The van der Waals surface area contributed by atoms with Crippen LogP contribution in [0, 0.1) is 0 Å². The van der Waals surface area contributed by atoms with Gasteiger partial charge in [0.1, 0.15) is 0 Å². The van der Waals surface area contributed by atoms with Crippen molar-refractivity contribution in [3.63, 3.8) is 0 Å². The monoisotopic (exact) mass is 160 g/mol. The first-order chi connectivity index (χ1) is 4.70. The summed E-state index contributed by atoms with van der Waals surface area (Å²) in [6.07, 6.45) is 3.40. The standard InChI is InChI=1S/C8H10ClF/c1-6-2-3-7(10)4-5-8(6)9/h4H,2-3,5H2,1H3. The molecule has 0 heterocycles. The van der Waals surface area contributed by atoms with Crippen LogP contribution in [0.15, 0.2) is 22.5 Å². The molecule has 0 N–H and O–H groups in total. The quantitative estimate of drug-likeness (QED) is 0.509. The first kappa shape index (κ1) is 7.80. The molecule has 0 fully saturated rings. The number of allylic oxidation sites excluding steroid dienone is 4. The average molecular weight is 161 g/mol. The van der Waals surface area contributed by atoms with Gasteiger partial charge in [0.05, 0.1) is 5.83 Å². The van der Waals surface area contributed by atoms with Crippen molar-refractivity contribution in [3.05, 3.63) is 22.5 Å². The zero-order valence-corrected chi connectivity index (χ0v) is 6.71. The molecule has 0 spiro atoms. The van der Waals surface area contributed by atoms with Gasteiger partial charge in [0.2, 0.25) is 0 Å². The van der Waals surface area contributed by atoms with Gasteiger partial charge in [0.25, 0.3) is 0 Å². The van der Waals surface area contributed by atoms with Crippen molar-refractivity contribution in [2.45, 2.75) is 26.2 Å². The van der Waals surface area contributed by atoms with Gasteiger partial charge in [-0.1, -0.05) is 17.2 Å². The van der Waals surface area contributed by atoms with E-state index in [-0.39, 0.29) is 5.83 Å². The molecule has 0 aromatic rings. The molecule has 0 aliphatic heterocycles. The fourth-order valence-electron chi connectivity index (χ4n) is 0.919. The Bertz CT molecular complexity index is 191. The van der Waals surface area contributed by atoms with Crippen molar-refractivity contribution in [2.75, 3.05) is 0 Å². The van der Waals surface area contributed by atoms with Crippen molar-refractivity contribution < 1.29 is 4.39 Å². The van der Waals surface area contributed by atoms with Crippen LogP contribution in [0.25, 0.3) is 0 Å². The normalized spacial score (nSPS) is 20.5. The molecule has 2 heteroatoms. The van der Waals surface area contributed by atoms with Gasteiger partial charge in [-0.05, 0) is 19.4 Å². The molecule has 1 aliphatic rings. The van der Waals surface area contributed by atoms with Crippen LogP contribution in [0.4, 0.5) is 4.39 Å². The fraction of sp³-hybridized carbons (Fsp3) is 0.500. The lowest BCUT2D eigenvalue weighted by Crippen LogP contribution is -1.77. The van der Waals surface area contributed by atoms with Gasteiger partial charge in [-0.2, -0.15) is 0 Å². The van der Waals surface area contributed by atoms with Crippen molar-refractivity contribution in [1.82, 2.24) is 0 Å². The average Bonchev–Trinajstić information content (AvgIpc) is 2.04. The number of hydrogen-bond acceptors (Lipinski definition) is 0. The van der Waals surface area contributed by atoms with E-state index in [0.717, 1.165) is 17.0 Å². The highest BCUT2D eigenvalue weighted by Gasteiger charge is 2.05. The summed E-state index contributed by atoms with van der Waals surface area (Å²) in [5, 5.41) is 0.799. The Hall–Kier alpha value is -0.300. The molecule has 1 aliphatic carbocycles. The Labute approximate surface area is 65.4 Å². The lowest BCUT2D eigenvalue weighted by Gasteiger charge is -1.97. The minimum absolute atomic E-state index is 0.0324. The van der Waals surface area contributed by atoms with E-state index < -0.39 is 0 Å². The molecular weight excluding hydrogens is 151 g/mol. The van der Waals surface area contributed by atoms with Gasteiger partial charge in [-0.25, -0.2) is 4.39 Å². The molecule has 0 nitrogen and oxygen atoms in total. The lowest BCUT2D eigenvalue weighted by molar-refractivity contribution is 0.587. The highest BCUT2D eigenvalue weighted by molar-refractivity contribution is 6.30. The Morgan fingerprint density at radius 3 is 2.90 bits per heavy atom. The molecule has 0 radical (unpaired) electrons. The molecule has 10 heavy (non-hydrogen) atoms. The second kappa shape index (κ2) is 3.20. The van der Waals surface area contributed by atoms with Crippen LogP contribution in [-0.2, 0) is 0 Å². The Balaban J connectivity index is 2.70. The van der Waals surface area contributed by atoms with Crippen molar-refractivity contribution in [1.29, 1.82) is 0 Å². The first-order valence-electron chi connectivity index (χ1n) is 3.39.